The van der Waals surface area contributed by atoms with Crippen molar-refractivity contribution in [2.24, 2.45) is 0 Å². The first-order valence-corrected chi connectivity index (χ1v) is 6.90. The highest BCUT2D eigenvalue weighted by atomic mass is 15.3. The van der Waals surface area contributed by atoms with Crippen LogP contribution in [0.3, 0.4) is 0 Å². The Bertz CT molecular complexity index is 802. The Morgan fingerprint density at radius 2 is 1.76 bits per heavy atom. The zero-order valence-electron chi connectivity index (χ0n) is 12.5. The van der Waals surface area contributed by atoms with E-state index in [0.29, 0.717) is 5.69 Å². The van der Waals surface area contributed by atoms with Crippen LogP contribution in [0, 0.1) is 20.8 Å². The van der Waals surface area contributed by atoms with Crippen molar-refractivity contribution in [3.05, 3.63) is 59.4 Å². The molecule has 0 radical (unpaired) electrons. The molecule has 0 aliphatic heterocycles. The van der Waals surface area contributed by atoms with Crippen molar-refractivity contribution in [1.29, 1.82) is 0 Å². The predicted molar refractivity (Wildman–Crippen MR) is 85.4 cm³/mol. The number of anilines is 1. The molecule has 0 aliphatic rings. The zero-order valence-corrected chi connectivity index (χ0v) is 12.5. The molecule has 106 valence electrons. The zero-order chi connectivity index (χ0) is 15.0. The van der Waals surface area contributed by atoms with Crippen molar-refractivity contribution in [3.63, 3.8) is 0 Å². The molecular weight excluding hydrogens is 260 g/mol. The minimum atomic E-state index is 0.659. The predicted octanol–water partition coefficient (Wildman–Crippen LogP) is 3.44. The van der Waals surface area contributed by atoms with Crippen molar-refractivity contribution in [2.45, 2.75) is 20.8 Å². The van der Waals surface area contributed by atoms with Crippen LogP contribution in [-0.4, -0.2) is 14.8 Å². The fourth-order valence-corrected chi connectivity index (χ4v) is 2.35. The lowest BCUT2D eigenvalue weighted by atomic mass is 10.0. The Labute approximate surface area is 124 Å². The van der Waals surface area contributed by atoms with E-state index >= 15 is 0 Å². The summed E-state index contributed by atoms with van der Waals surface area (Å²) < 4.78 is 1.74. The molecule has 3 rings (SSSR count). The average Bonchev–Trinajstić information content (AvgIpc) is 2.83. The Hall–Kier alpha value is -2.62. The van der Waals surface area contributed by atoms with Crippen molar-refractivity contribution in [2.75, 3.05) is 5.73 Å². The molecular formula is C17H18N4. The van der Waals surface area contributed by atoms with Gasteiger partial charge in [0.2, 0.25) is 0 Å². The van der Waals surface area contributed by atoms with Crippen molar-refractivity contribution < 1.29 is 0 Å². The maximum absolute atomic E-state index is 6.16. The Balaban J connectivity index is 2.12. The van der Waals surface area contributed by atoms with Crippen LogP contribution < -0.4 is 5.73 Å². The third kappa shape index (κ3) is 2.52. The summed E-state index contributed by atoms with van der Waals surface area (Å²) in [6.07, 6.45) is 3.60. The monoisotopic (exact) mass is 278 g/mol. The SMILES string of the molecule is Cc1ccnc(-n2cc(N)c(-c3cc(C)ccc3C)n2)c1. The molecule has 0 amide bonds. The van der Waals surface area contributed by atoms with Gasteiger partial charge in [0.1, 0.15) is 5.69 Å². The highest BCUT2D eigenvalue weighted by Crippen LogP contribution is 2.28. The quantitative estimate of drug-likeness (QED) is 0.781. The smallest absolute Gasteiger partial charge is 0.153 e. The Kier molecular flexibility index (Phi) is 3.22. The van der Waals surface area contributed by atoms with Gasteiger partial charge in [-0.05, 0) is 50.1 Å². The first kappa shape index (κ1) is 13.4. The summed E-state index contributed by atoms with van der Waals surface area (Å²) in [5.41, 5.74) is 12.2. The second-order valence-electron chi connectivity index (χ2n) is 5.39. The number of nitrogen functional groups attached to an aromatic ring is 1. The standard InChI is InChI=1S/C17H18N4/c1-11-4-5-13(3)14(8-11)17-15(18)10-21(20-17)16-9-12(2)6-7-19-16/h4-10H,18H2,1-3H3. The highest BCUT2D eigenvalue weighted by Gasteiger charge is 2.12. The van der Waals surface area contributed by atoms with Crippen LogP contribution in [-0.2, 0) is 0 Å². The minimum absolute atomic E-state index is 0.659. The van der Waals surface area contributed by atoms with Gasteiger partial charge in [0.15, 0.2) is 5.82 Å². The van der Waals surface area contributed by atoms with Crippen LogP contribution in [0.25, 0.3) is 17.1 Å². The molecule has 0 fully saturated rings. The summed E-state index contributed by atoms with van der Waals surface area (Å²) in [4.78, 5) is 4.34. The van der Waals surface area contributed by atoms with Gasteiger partial charge in [0, 0.05) is 11.8 Å². The van der Waals surface area contributed by atoms with E-state index < -0.39 is 0 Å². The van der Waals surface area contributed by atoms with E-state index in [2.05, 4.69) is 42.1 Å². The topological polar surface area (TPSA) is 56.7 Å². The minimum Gasteiger partial charge on any atom is -0.396 e. The largest absolute Gasteiger partial charge is 0.396 e. The molecule has 0 spiro atoms. The number of aromatic nitrogens is 3. The number of rotatable bonds is 2. The van der Waals surface area contributed by atoms with E-state index in [-0.39, 0.29) is 0 Å². The molecule has 2 N–H and O–H groups in total. The number of nitrogens with two attached hydrogens (primary N) is 1. The van der Waals surface area contributed by atoms with Crippen molar-refractivity contribution in [1.82, 2.24) is 14.8 Å². The van der Waals surface area contributed by atoms with Gasteiger partial charge >= 0.3 is 0 Å². The number of aryl methyl sites for hydroxylation is 3. The lowest BCUT2D eigenvalue weighted by molar-refractivity contribution is 0.848. The average molecular weight is 278 g/mol. The van der Waals surface area contributed by atoms with Gasteiger partial charge in [-0.3, -0.25) is 0 Å². The summed E-state index contributed by atoms with van der Waals surface area (Å²) in [6.45, 7) is 6.17. The van der Waals surface area contributed by atoms with Crippen LogP contribution in [0.5, 0.6) is 0 Å². The molecule has 0 saturated heterocycles. The van der Waals surface area contributed by atoms with E-state index in [9.17, 15) is 0 Å². The lowest BCUT2D eigenvalue weighted by Gasteiger charge is -2.05. The van der Waals surface area contributed by atoms with Gasteiger partial charge in [-0.15, -0.1) is 0 Å². The van der Waals surface area contributed by atoms with Gasteiger partial charge in [0.05, 0.1) is 11.9 Å². The number of hydrogen-bond donors (Lipinski definition) is 1. The van der Waals surface area contributed by atoms with Crippen molar-refractivity contribution in [3.8, 4) is 17.1 Å². The molecule has 4 nitrogen and oxygen atoms in total. The fourth-order valence-electron chi connectivity index (χ4n) is 2.35. The summed E-state index contributed by atoms with van der Waals surface area (Å²) in [6, 6.07) is 10.2. The number of benzene rings is 1. The van der Waals surface area contributed by atoms with Gasteiger partial charge in [-0.1, -0.05) is 17.7 Å². The van der Waals surface area contributed by atoms with E-state index in [0.717, 1.165) is 28.2 Å². The maximum atomic E-state index is 6.16. The number of pyridine rings is 1. The van der Waals surface area contributed by atoms with Crippen LogP contribution in [0.4, 0.5) is 5.69 Å². The molecule has 21 heavy (non-hydrogen) atoms. The summed E-state index contributed by atoms with van der Waals surface area (Å²) >= 11 is 0. The first-order chi connectivity index (χ1) is 10.0. The van der Waals surface area contributed by atoms with Crippen molar-refractivity contribution >= 4 is 5.69 Å². The Morgan fingerprint density at radius 3 is 2.52 bits per heavy atom. The Morgan fingerprint density at radius 1 is 1.00 bits per heavy atom. The number of nitrogens with zero attached hydrogens (tertiary/aromatic N) is 3. The van der Waals surface area contributed by atoms with E-state index in [1.807, 2.05) is 25.3 Å². The van der Waals surface area contributed by atoms with Gasteiger partial charge < -0.3 is 5.73 Å². The van der Waals surface area contributed by atoms with Crippen LogP contribution in [0.1, 0.15) is 16.7 Å². The van der Waals surface area contributed by atoms with Gasteiger partial charge in [0.25, 0.3) is 0 Å². The second kappa shape index (κ2) is 5.05. The number of hydrogen-bond acceptors (Lipinski definition) is 3. The molecule has 0 unspecified atom stereocenters. The second-order valence-corrected chi connectivity index (χ2v) is 5.39. The molecule has 0 bridgehead atoms. The van der Waals surface area contributed by atoms with E-state index in [1.54, 1.807) is 10.9 Å². The molecule has 0 atom stereocenters. The van der Waals surface area contributed by atoms with Gasteiger partial charge in [-0.25, -0.2) is 9.67 Å². The van der Waals surface area contributed by atoms with E-state index in [4.69, 9.17) is 5.73 Å². The molecule has 0 saturated carbocycles. The molecule has 4 heteroatoms. The first-order valence-electron chi connectivity index (χ1n) is 6.90. The van der Waals surface area contributed by atoms with Crippen LogP contribution >= 0.6 is 0 Å². The maximum Gasteiger partial charge on any atom is 0.153 e. The molecule has 0 aliphatic carbocycles. The lowest BCUT2D eigenvalue weighted by Crippen LogP contribution is -1.98. The van der Waals surface area contributed by atoms with Crippen LogP contribution in [0.2, 0.25) is 0 Å². The van der Waals surface area contributed by atoms with Crippen LogP contribution in [0.15, 0.2) is 42.7 Å². The molecule has 3 aromatic rings. The molecule has 2 aromatic heterocycles. The summed E-state index contributed by atoms with van der Waals surface area (Å²) in [5, 5.41) is 4.62. The normalized spacial score (nSPS) is 10.8. The summed E-state index contributed by atoms with van der Waals surface area (Å²) in [7, 11) is 0. The third-order valence-electron chi connectivity index (χ3n) is 3.53. The highest BCUT2D eigenvalue weighted by molar-refractivity contribution is 5.75. The van der Waals surface area contributed by atoms with Gasteiger partial charge in [-0.2, -0.15) is 5.10 Å². The van der Waals surface area contributed by atoms with E-state index in [1.165, 1.54) is 5.56 Å². The summed E-state index contributed by atoms with van der Waals surface area (Å²) in [5.74, 6) is 0.776. The third-order valence-corrected chi connectivity index (χ3v) is 3.53. The molecule has 2 heterocycles. The molecule has 1 aromatic carbocycles. The fraction of sp³-hybridized carbons (Fsp3) is 0.176.